The third-order valence-corrected chi connectivity index (χ3v) is 7.22. The van der Waals surface area contributed by atoms with Gasteiger partial charge in [0.1, 0.15) is 0 Å². The second-order valence-corrected chi connectivity index (χ2v) is 10.3. The van der Waals surface area contributed by atoms with E-state index in [0.717, 1.165) is 22.5 Å². The standard InChI is InChI=1S/C24H28N4O3S/c1-26(24(29)20-13-15-27(16-14-20)32(2,30)31)17-21-18-28(22-11-7-4-8-12-22)25-23(21)19-9-5-3-6-10-19/h3-12,18,20H,13-17H2,1-2H3. The van der Waals surface area contributed by atoms with Crippen molar-refractivity contribution in [3.63, 3.8) is 0 Å². The van der Waals surface area contributed by atoms with Crippen molar-refractivity contribution in [3.05, 3.63) is 72.4 Å². The van der Waals surface area contributed by atoms with Crippen molar-refractivity contribution >= 4 is 15.9 Å². The van der Waals surface area contributed by atoms with E-state index in [1.807, 2.05) is 71.5 Å². The summed E-state index contributed by atoms with van der Waals surface area (Å²) in [6, 6.07) is 19.9. The summed E-state index contributed by atoms with van der Waals surface area (Å²) in [5, 5.41) is 4.82. The number of sulfonamides is 1. The zero-order valence-corrected chi connectivity index (χ0v) is 19.2. The Morgan fingerprint density at radius 3 is 2.22 bits per heavy atom. The van der Waals surface area contributed by atoms with Gasteiger partial charge in [-0.2, -0.15) is 5.10 Å². The van der Waals surface area contributed by atoms with Crippen molar-refractivity contribution in [1.82, 2.24) is 19.0 Å². The van der Waals surface area contributed by atoms with Gasteiger partial charge in [-0.15, -0.1) is 0 Å². The predicted molar refractivity (Wildman–Crippen MR) is 125 cm³/mol. The Labute approximate surface area is 189 Å². The molecule has 0 atom stereocenters. The van der Waals surface area contributed by atoms with Crippen molar-refractivity contribution in [2.75, 3.05) is 26.4 Å². The van der Waals surface area contributed by atoms with Gasteiger partial charge < -0.3 is 4.90 Å². The van der Waals surface area contributed by atoms with Crippen LogP contribution in [0.3, 0.4) is 0 Å². The van der Waals surface area contributed by atoms with E-state index in [1.54, 1.807) is 11.9 Å². The van der Waals surface area contributed by atoms with Crippen LogP contribution in [0.25, 0.3) is 16.9 Å². The number of carbonyl (C=O) groups is 1. The van der Waals surface area contributed by atoms with E-state index in [-0.39, 0.29) is 11.8 Å². The molecule has 0 aliphatic carbocycles. The molecule has 2 heterocycles. The van der Waals surface area contributed by atoms with E-state index < -0.39 is 10.0 Å². The first-order valence-electron chi connectivity index (χ1n) is 10.7. The molecule has 1 fully saturated rings. The predicted octanol–water partition coefficient (Wildman–Crippen LogP) is 3.17. The summed E-state index contributed by atoms with van der Waals surface area (Å²) in [6.45, 7) is 1.22. The van der Waals surface area contributed by atoms with Crippen molar-refractivity contribution in [2.24, 2.45) is 5.92 Å². The van der Waals surface area contributed by atoms with Crippen LogP contribution in [0.5, 0.6) is 0 Å². The molecule has 1 aromatic heterocycles. The molecule has 3 aromatic rings. The average molecular weight is 453 g/mol. The monoisotopic (exact) mass is 452 g/mol. The van der Waals surface area contributed by atoms with Gasteiger partial charge in [-0.1, -0.05) is 48.5 Å². The molecule has 32 heavy (non-hydrogen) atoms. The maximum absolute atomic E-state index is 13.1. The number of amides is 1. The number of carbonyl (C=O) groups excluding carboxylic acids is 1. The Bertz CT molecular complexity index is 1170. The molecule has 2 aromatic carbocycles. The van der Waals surface area contributed by atoms with Gasteiger partial charge in [-0.05, 0) is 25.0 Å². The molecule has 0 spiro atoms. The normalized spacial score (nSPS) is 15.6. The van der Waals surface area contributed by atoms with Crippen molar-refractivity contribution < 1.29 is 13.2 Å². The number of rotatable bonds is 6. The Morgan fingerprint density at radius 1 is 1.03 bits per heavy atom. The van der Waals surface area contributed by atoms with Crippen LogP contribution < -0.4 is 0 Å². The number of hydrogen-bond donors (Lipinski definition) is 0. The van der Waals surface area contributed by atoms with Gasteiger partial charge in [0.05, 0.1) is 17.6 Å². The number of para-hydroxylation sites is 1. The summed E-state index contributed by atoms with van der Waals surface area (Å²) in [7, 11) is -1.40. The van der Waals surface area contributed by atoms with Crippen LogP contribution in [0, 0.1) is 5.92 Å². The maximum Gasteiger partial charge on any atom is 0.225 e. The zero-order chi connectivity index (χ0) is 22.7. The summed E-state index contributed by atoms with van der Waals surface area (Å²) in [5.41, 5.74) is 3.77. The lowest BCUT2D eigenvalue weighted by molar-refractivity contribution is -0.135. The Balaban J connectivity index is 1.54. The van der Waals surface area contributed by atoms with Crippen LogP contribution in [0.1, 0.15) is 18.4 Å². The lowest BCUT2D eigenvalue weighted by Crippen LogP contribution is -2.42. The molecule has 8 heteroatoms. The highest BCUT2D eigenvalue weighted by Gasteiger charge is 2.31. The fourth-order valence-electron chi connectivity index (χ4n) is 4.16. The molecule has 1 aliphatic heterocycles. The van der Waals surface area contributed by atoms with E-state index in [9.17, 15) is 13.2 Å². The second-order valence-electron chi connectivity index (χ2n) is 8.28. The van der Waals surface area contributed by atoms with Gasteiger partial charge in [-0.3, -0.25) is 4.79 Å². The molecule has 7 nitrogen and oxygen atoms in total. The molecule has 0 radical (unpaired) electrons. The highest BCUT2D eigenvalue weighted by Crippen LogP contribution is 2.26. The van der Waals surface area contributed by atoms with E-state index in [2.05, 4.69) is 0 Å². The van der Waals surface area contributed by atoms with Gasteiger partial charge in [0.25, 0.3) is 0 Å². The number of aromatic nitrogens is 2. The van der Waals surface area contributed by atoms with Gasteiger partial charge in [0.15, 0.2) is 0 Å². The summed E-state index contributed by atoms with van der Waals surface area (Å²) < 4.78 is 26.8. The fourth-order valence-corrected chi connectivity index (χ4v) is 5.03. The largest absolute Gasteiger partial charge is 0.341 e. The average Bonchev–Trinajstić information content (AvgIpc) is 3.23. The SMILES string of the molecule is CN(Cc1cn(-c2ccccc2)nc1-c1ccccc1)C(=O)C1CCN(S(C)(=O)=O)CC1. The van der Waals surface area contributed by atoms with E-state index in [0.29, 0.717) is 32.5 Å². The molecule has 1 amide bonds. The van der Waals surface area contributed by atoms with Gasteiger partial charge in [0.2, 0.25) is 15.9 Å². The van der Waals surface area contributed by atoms with Crippen LogP contribution in [-0.4, -0.2) is 59.7 Å². The number of benzene rings is 2. The molecule has 0 N–H and O–H groups in total. The van der Waals surface area contributed by atoms with Crippen LogP contribution >= 0.6 is 0 Å². The van der Waals surface area contributed by atoms with Crippen LogP contribution in [-0.2, 0) is 21.4 Å². The molecule has 0 bridgehead atoms. The molecule has 0 saturated carbocycles. The molecule has 1 saturated heterocycles. The van der Waals surface area contributed by atoms with E-state index >= 15 is 0 Å². The minimum atomic E-state index is -3.21. The fraction of sp³-hybridized carbons (Fsp3) is 0.333. The van der Waals surface area contributed by atoms with Crippen molar-refractivity contribution in [2.45, 2.75) is 19.4 Å². The second kappa shape index (κ2) is 9.26. The lowest BCUT2D eigenvalue weighted by Gasteiger charge is -2.31. The molecule has 0 unspecified atom stereocenters. The minimum Gasteiger partial charge on any atom is -0.341 e. The lowest BCUT2D eigenvalue weighted by atomic mass is 9.96. The van der Waals surface area contributed by atoms with Gasteiger partial charge in [-0.25, -0.2) is 17.4 Å². The highest BCUT2D eigenvalue weighted by molar-refractivity contribution is 7.88. The Hall–Kier alpha value is -2.97. The first-order chi connectivity index (χ1) is 15.3. The number of nitrogens with zero attached hydrogens (tertiary/aromatic N) is 4. The molecular formula is C24H28N4O3S. The van der Waals surface area contributed by atoms with Crippen LogP contribution in [0.15, 0.2) is 66.9 Å². The van der Waals surface area contributed by atoms with Gasteiger partial charge in [0, 0.05) is 49.9 Å². The Morgan fingerprint density at radius 2 is 1.62 bits per heavy atom. The Kier molecular flexibility index (Phi) is 6.43. The molecule has 4 rings (SSSR count). The summed E-state index contributed by atoms with van der Waals surface area (Å²) in [5.74, 6) is -0.119. The molecule has 1 aliphatic rings. The highest BCUT2D eigenvalue weighted by atomic mass is 32.2. The maximum atomic E-state index is 13.1. The third-order valence-electron chi connectivity index (χ3n) is 5.91. The first kappa shape index (κ1) is 22.2. The first-order valence-corrected chi connectivity index (χ1v) is 12.6. The quantitative estimate of drug-likeness (QED) is 0.576. The van der Waals surface area contributed by atoms with E-state index in [1.165, 1.54) is 10.6 Å². The topological polar surface area (TPSA) is 75.5 Å². The van der Waals surface area contributed by atoms with Crippen molar-refractivity contribution in [3.8, 4) is 16.9 Å². The summed E-state index contributed by atoms with van der Waals surface area (Å²) in [4.78, 5) is 14.8. The van der Waals surface area contributed by atoms with Crippen LogP contribution in [0.2, 0.25) is 0 Å². The minimum absolute atomic E-state index is 0.0459. The molecule has 168 valence electrons. The summed E-state index contributed by atoms with van der Waals surface area (Å²) in [6.07, 6.45) is 4.29. The third kappa shape index (κ3) is 4.92. The number of piperidine rings is 1. The van der Waals surface area contributed by atoms with Gasteiger partial charge >= 0.3 is 0 Å². The van der Waals surface area contributed by atoms with E-state index in [4.69, 9.17) is 5.10 Å². The zero-order valence-electron chi connectivity index (χ0n) is 18.4. The van der Waals surface area contributed by atoms with Crippen molar-refractivity contribution in [1.29, 1.82) is 0 Å². The number of hydrogen-bond acceptors (Lipinski definition) is 4. The summed E-state index contributed by atoms with van der Waals surface area (Å²) >= 11 is 0. The smallest absolute Gasteiger partial charge is 0.225 e. The molecular weight excluding hydrogens is 424 g/mol. The van der Waals surface area contributed by atoms with Crippen LogP contribution in [0.4, 0.5) is 0 Å².